The predicted octanol–water partition coefficient (Wildman–Crippen LogP) is 4.67. The molecule has 0 bridgehead atoms. The molecule has 0 aliphatic rings. The Hall–Kier alpha value is -1.48. The first kappa shape index (κ1) is 12.0. The molecule has 1 nitrogen and oxygen atoms in total. The fourth-order valence-electron chi connectivity index (χ4n) is 1.63. The van der Waals surface area contributed by atoms with Crippen LogP contribution in [0.4, 0.5) is 4.39 Å². The first-order valence-electron chi connectivity index (χ1n) is 5.50. The zero-order valence-electron chi connectivity index (χ0n) is 9.90. The van der Waals surface area contributed by atoms with Crippen LogP contribution in [0.3, 0.4) is 0 Å². The molecule has 3 heteroatoms. The summed E-state index contributed by atoms with van der Waals surface area (Å²) < 4.78 is 14.4. The summed E-state index contributed by atoms with van der Waals surface area (Å²) in [5.74, 6) is -0.128. The molecule has 0 N–H and O–H groups in total. The van der Waals surface area contributed by atoms with Gasteiger partial charge in [0.2, 0.25) is 0 Å². The summed E-state index contributed by atoms with van der Waals surface area (Å²) in [6.45, 7) is 7.99. The lowest BCUT2D eigenvalue weighted by Crippen LogP contribution is -1.93. The maximum Gasteiger partial charge on any atom is 0.150 e. The Bertz CT molecular complexity index is 583. The Labute approximate surface area is 104 Å². The summed E-state index contributed by atoms with van der Waals surface area (Å²) in [6, 6.07) is 5.05. The largest absolute Gasteiger partial charge is 0.237 e. The molecule has 88 valence electrons. The van der Waals surface area contributed by atoms with Gasteiger partial charge in [-0.3, -0.25) is 0 Å². The Balaban J connectivity index is 2.43. The molecular formula is C14H14FNS. The van der Waals surface area contributed by atoms with Crippen molar-refractivity contribution in [3.05, 3.63) is 53.3 Å². The Morgan fingerprint density at radius 1 is 1.53 bits per heavy atom. The normalized spacial score (nSPS) is 13.4. The van der Waals surface area contributed by atoms with E-state index in [9.17, 15) is 4.39 Å². The van der Waals surface area contributed by atoms with E-state index in [0.717, 1.165) is 15.3 Å². The lowest BCUT2D eigenvalue weighted by atomic mass is 10.0. The average molecular weight is 247 g/mol. The van der Waals surface area contributed by atoms with E-state index >= 15 is 0 Å². The van der Waals surface area contributed by atoms with Gasteiger partial charge in [-0.2, -0.15) is 0 Å². The number of benzene rings is 1. The lowest BCUT2D eigenvalue weighted by molar-refractivity contribution is 0.637. The van der Waals surface area contributed by atoms with Gasteiger partial charge in [-0.1, -0.05) is 31.7 Å². The SMILES string of the molecule is C=C(C=CC)C(C)c1nc2c(F)cccc2s1. The quantitative estimate of drug-likeness (QED) is 0.718. The molecule has 1 unspecified atom stereocenters. The van der Waals surface area contributed by atoms with E-state index in [-0.39, 0.29) is 11.7 Å². The van der Waals surface area contributed by atoms with Crippen LogP contribution in [-0.4, -0.2) is 4.98 Å². The van der Waals surface area contributed by atoms with Gasteiger partial charge in [0, 0.05) is 5.92 Å². The Morgan fingerprint density at radius 3 is 2.94 bits per heavy atom. The third-order valence-electron chi connectivity index (χ3n) is 2.69. The number of para-hydroxylation sites is 1. The molecule has 1 aromatic carbocycles. The lowest BCUT2D eigenvalue weighted by Gasteiger charge is -2.06. The molecular weight excluding hydrogens is 233 g/mol. The van der Waals surface area contributed by atoms with E-state index < -0.39 is 0 Å². The van der Waals surface area contributed by atoms with Gasteiger partial charge < -0.3 is 0 Å². The molecule has 0 spiro atoms. The van der Waals surface area contributed by atoms with Gasteiger partial charge in [0.1, 0.15) is 16.3 Å². The van der Waals surface area contributed by atoms with Crippen LogP contribution in [-0.2, 0) is 0 Å². The van der Waals surface area contributed by atoms with Crippen LogP contribution in [0.5, 0.6) is 0 Å². The average Bonchev–Trinajstić information content (AvgIpc) is 2.73. The van der Waals surface area contributed by atoms with E-state index in [1.165, 1.54) is 17.4 Å². The number of allylic oxidation sites excluding steroid dienone is 3. The number of thiazole rings is 1. The van der Waals surface area contributed by atoms with Crippen molar-refractivity contribution in [2.24, 2.45) is 0 Å². The topological polar surface area (TPSA) is 12.9 Å². The van der Waals surface area contributed by atoms with Crippen LogP contribution < -0.4 is 0 Å². The number of rotatable bonds is 3. The monoisotopic (exact) mass is 247 g/mol. The minimum absolute atomic E-state index is 0.128. The molecule has 0 radical (unpaired) electrons. The molecule has 0 aliphatic carbocycles. The van der Waals surface area contributed by atoms with Crippen molar-refractivity contribution in [1.29, 1.82) is 0 Å². The van der Waals surface area contributed by atoms with Crippen molar-refractivity contribution in [2.75, 3.05) is 0 Å². The van der Waals surface area contributed by atoms with Crippen LogP contribution in [0, 0.1) is 5.82 Å². The van der Waals surface area contributed by atoms with Crippen molar-refractivity contribution < 1.29 is 4.39 Å². The van der Waals surface area contributed by atoms with Crippen molar-refractivity contribution in [3.8, 4) is 0 Å². The maximum absolute atomic E-state index is 13.5. The zero-order valence-corrected chi connectivity index (χ0v) is 10.7. The van der Waals surface area contributed by atoms with Crippen LogP contribution in [0.25, 0.3) is 10.2 Å². The first-order valence-corrected chi connectivity index (χ1v) is 6.31. The fraction of sp³-hybridized carbons (Fsp3) is 0.214. The number of hydrogen-bond acceptors (Lipinski definition) is 2. The highest BCUT2D eigenvalue weighted by molar-refractivity contribution is 7.18. The third-order valence-corrected chi connectivity index (χ3v) is 3.90. The summed E-state index contributed by atoms with van der Waals surface area (Å²) in [5.41, 5.74) is 1.46. The molecule has 1 heterocycles. The van der Waals surface area contributed by atoms with E-state index in [4.69, 9.17) is 0 Å². The summed E-state index contributed by atoms with van der Waals surface area (Å²) >= 11 is 1.53. The van der Waals surface area contributed by atoms with Crippen molar-refractivity contribution >= 4 is 21.6 Å². The Morgan fingerprint density at radius 2 is 2.29 bits per heavy atom. The number of hydrogen-bond donors (Lipinski definition) is 0. The highest BCUT2D eigenvalue weighted by atomic mass is 32.1. The molecule has 0 fully saturated rings. The van der Waals surface area contributed by atoms with Gasteiger partial charge in [0.15, 0.2) is 0 Å². The van der Waals surface area contributed by atoms with Gasteiger partial charge >= 0.3 is 0 Å². The smallest absolute Gasteiger partial charge is 0.150 e. The molecule has 1 atom stereocenters. The molecule has 0 saturated carbocycles. The molecule has 0 aliphatic heterocycles. The summed E-state index contributed by atoms with van der Waals surface area (Å²) in [5, 5.41) is 0.910. The number of aromatic nitrogens is 1. The molecule has 0 amide bonds. The molecule has 0 saturated heterocycles. The summed E-state index contributed by atoms with van der Waals surface area (Å²) in [6.07, 6.45) is 3.92. The second-order valence-corrected chi connectivity index (χ2v) is 5.00. The van der Waals surface area contributed by atoms with Crippen LogP contribution in [0.2, 0.25) is 0 Å². The minimum Gasteiger partial charge on any atom is -0.237 e. The van der Waals surface area contributed by atoms with Gasteiger partial charge in [0.25, 0.3) is 0 Å². The number of fused-ring (bicyclic) bond motifs is 1. The zero-order chi connectivity index (χ0) is 12.4. The standard InChI is InChI=1S/C14H14FNS/c1-4-6-9(2)10(3)14-16-13-11(15)7-5-8-12(13)17-14/h4-8,10H,2H2,1,3H3. The van der Waals surface area contributed by atoms with Crippen LogP contribution >= 0.6 is 11.3 Å². The highest BCUT2D eigenvalue weighted by Gasteiger charge is 2.14. The molecule has 2 aromatic rings. The second-order valence-electron chi connectivity index (χ2n) is 3.94. The molecule has 2 rings (SSSR count). The second kappa shape index (κ2) is 4.80. The minimum atomic E-state index is -0.256. The highest BCUT2D eigenvalue weighted by Crippen LogP contribution is 2.32. The van der Waals surface area contributed by atoms with Gasteiger partial charge in [-0.05, 0) is 24.6 Å². The number of nitrogens with zero attached hydrogens (tertiary/aromatic N) is 1. The predicted molar refractivity (Wildman–Crippen MR) is 71.9 cm³/mol. The van der Waals surface area contributed by atoms with Gasteiger partial charge in [-0.15, -0.1) is 11.3 Å². The Kier molecular flexibility index (Phi) is 3.38. The van der Waals surface area contributed by atoms with Crippen LogP contribution in [0.1, 0.15) is 24.8 Å². The van der Waals surface area contributed by atoms with Crippen molar-refractivity contribution in [2.45, 2.75) is 19.8 Å². The van der Waals surface area contributed by atoms with Crippen molar-refractivity contribution in [1.82, 2.24) is 4.98 Å². The van der Waals surface area contributed by atoms with E-state index in [2.05, 4.69) is 11.6 Å². The molecule has 17 heavy (non-hydrogen) atoms. The van der Waals surface area contributed by atoms with Gasteiger partial charge in [-0.25, -0.2) is 9.37 Å². The summed E-state index contributed by atoms with van der Waals surface area (Å²) in [4.78, 5) is 4.36. The van der Waals surface area contributed by atoms with E-state index in [1.54, 1.807) is 6.07 Å². The third kappa shape index (κ3) is 2.29. The summed E-state index contributed by atoms with van der Waals surface area (Å²) in [7, 11) is 0. The van der Waals surface area contributed by atoms with Gasteiger partial charge in [0.05, 0.1) is 4.70 Å². The van der Waals surface area contributed by atoms with E-state index in [1.807, 2.05) is 32.1 Å². The fourth-order valence-corrected chi connectivity index (χ4v) is 2.71. The van der Waals surface area contributed by atoms with Crippen molar-refractivity contribution in [3.63, 3.8) is 0 Å². The first-order chi connectivity index (χ1) is 8.13. The maximum atomic E-state index is 13.5. The van der Waals surface area contributed by atoms with E-state index in [0.29, 0.717) is 5.52 Å². The van der Waals surface area contributed by atoms with Crippen LogP contribution in [0.15, 0.2) is 42.5 Å². The number of halogens is 1. The molecule has 1 aromatic heterocycles.